The molecular formula is C16H21N3O2. The molecule has 0 fully saturated rings. The van der Waals surface area contributed by atoms with Crippen molar-refractivity contribution in [2.75, 3.05) is 14.2 Å². The van der Waals surface area contributed by atoms with E-state index in [1.165, 1.54) is 0 Å². The van der Waals surface area contributed by atoms with E-state index in [2.05, 4.69) is 11.5 Å². The number of fused-ring (bicyclic) bond motifs is 1. The molecule has 5 nitrogen and oxygen atoms in total. The van der Waals surface area contributed by atoms with E-state index in [1.54, 1.807) is 14.2 Å². The third kappa shape index (κ3) is 2.38. The van der Waals surface area contributed by atoms with Crippen LogP contribution in [0.4, 0.5) is 0 Å². The molecule has 1 aromatic heterocycles. The highest BCUT2D eigenvalue weighted by atomic mass is 16.5. The molecule has 0 radical (unpaired) electrons. The minimum absolute atomic E-state index is 0.213. The van der Waals surface area contributed by atoms with Crippen molar-refractivity contribution in [2.45, 2.75) is 32.4 Å². The van der Waals surface area contributed by atoms with Crippen molar-refractivity contribution in [3.8, 4) is 22.8 Å². The Balaban J connectivity index is 2.13. The summed E-state index contributed by atoms with van der Waals surface area (Å²) in [5.74, 6) is 2.71. The lowest BCUT2D eigenvalue weighted by atomic mass is 10.1. The number of hydrogen-bond donors (Lipinski definition) is 1. The molecule has 0 saturated heterocycles. The van der Waals surface area contributed by atoms with E-state index in [0.717, 1.165) is 53.7 Å². The molecule has 3 rings (SSSR count). The lowest BCUT2D eigenvalue weighted by molar-refractivity contribution is 0.404. The summed E-state index contributed by atoms with van der Waals surface area (Å²) >= 11 is 0. The van der Waals surface area contributed by atoms with Gasteiger partial charge in [0.15, 0.2) is 0 Å². The summed E-state index contributed by atoms with van der Waals surface area (Å²) in [6, 6.07) is 5.99. The highest BCUT2D eigenvalue weighted by Crippen LogP contribution is 2.35. The van der Waals surface area contributed by atoms with Gasteiger partial charge in [0.1, 0.15) is 17.3 Å². The van der Waals surface area contributed by atoms with Gasteiger partial charge >= 0.3 is 0 Å². The van der Waals surface area contributed by atoms with Gasteiger partial charge in [-0.1, -0.05) is 0 Å². The summed E-state index contributed by atoms with van der Waals surface area (Å²) in [6.45, 7) is 2.92. The first-order valence-electron chi connectivity index (χ1n) is 7.18. The molecule has 1 atom stereocenters. The van der Waals surface area contributed by atoms with E-state index in [0.29, 0.717) is 0 Å². The normalized spacial score (nSPS) is 17.4. The van der Waals surface area contributed by atoms with Gasteiger partial charge in [0.25, 0.3) is 0 Å². The molecule has 21 heavy (non-hydrogen) atoms. The monoisotopic (exact) mass is 287 g/mol. The smallest absolute Gasteiger partial charge is 0.128 e. The predicted molar refractivity (Wildman–Crippen MR) is 81.8 cm³/mol. The zero-order valence-corrected chi connectivity index (χ0v) is 12.7. The minimum atomic E-state index is 0.213. The fourth-order valence-corrected chi connectivity index (χ4v) is 2.92. The number of imidazole rings is 1. The van der Waals surface area contributed by atoms with Crippen LogP contribution in [0.1, 0.15) is 17.9 Å². The first-order valence-corrected chi connectivity index (χ1v) is 7.18. The van der Waals surface area contributed by atoms with E-state index >= 15 is 0 Å². The number of ether oxygens (including phenoxy) is 2. The highest BCUT2D eigenvalue weighted by molar-refractivity contribution is 5.71. The number of aryl methyl sites for hydroxylation is 1. The van der Waals surface area contributed by atoms with Crippen LogP contribution in [0.2, 0.25) is 0 Å². The molecule has 0 aliphatic carbocycles. The van der Waals surface area contributed by atoms with Crippen molar-refractivity contribution in [3.63, 3.8) is 0 Å². The Morgan fingerprint density at radius 2 is 2.10 bits per heavy atom. The molecule has 112 valence electrons. The van der Waals surface area contributed by atoms with Crippen LogP contribution in [0.15, 0.2) is 18.2 Å². The molecule has 1 aromatic carbocycles. The molecule has 2 aromatic rings. The van der Waals surface area contributed by atoms with Crippen LogP contribution in [0, 0.1) is 6.92 Å². The molecule has 0 spiro atoms. The zero-order chi connectivity index (χ0) is 15.0. The highest BCUT2D eigenvalue weighted by Gasteiger charge is 2.23. The van der Waals surface area contributed by atoms with Gasteiger partial charge in [-0.3, -0.25) is 0 Å². The van der Waals surface area contributed by atoms with E-state index in [1.807, 2.05) is 18.2 Å². The number of nitrogens with zero attached hydrogens (tertiary/aromatic N) is 2. The lowest BCUT2D eigenvalue weighted by Crippen LogP contribution is -2.32. The van der Waals surface area contributed by atoms with Crippen LogP contribution in [0.3, 0.4) is 0 Å². The lowest BCUT2D eigenvalue weighted by Gasteiger charge is -2.21. The average molecular weight is 287 g/mol. The summed E-state index contributed by atoms with van der Waals surface area (Å²) in [5.41, 5.74) is 9.12. The van der Waals surface area contributed by atoms with Crippen molar-refractivity contribution < 1.29 is 9.47 Å². The standard InChI is InChI=1S/C16H21N3O2/c1-10-16(18-15-7-4-11(17)9-19(10)15)13-8-12(20-2)5-6-14(13)21-3/h5-6,8,11H,4,7,9,17H2,1-3H3. The largest absolute Gasteiger partial charge is 0.497 e. The van der Waals surface area contributed by atoms with E-state index in [-0.39, 0.29) is 6.04 Å². The summed E-state index contributed by atoms with van der Waals surface area (Å²) in [4.78, 5) is 4.81. The van der Waals surface area contributed by atoms with Gasteiger partial charge in [-0.2, -0.15) is 0 Å². The second-order valence-electron chi connectivity index (χ2n) is 5.44. The van der Waals surface area contributed by atoms with Gasteiger partial charge in [-0.05, 0) is 31.5 Å². The van der Waals surface area contributed by atoms with Crippen molar-refractivity contribution in [2.24, 2.45) is 5.73 Å². The second-order valence-corrected chi connectivity index (χ2v) is 5.44. The molecule has 2 N–H and O–H groups in total. The fourth-order valence-electron chi connectivity index (χ4n) is 2.92. The molecule has 1 unspecified atom stereocenters. The van der Waals surface area contributed by atoms with E-state index < -0.39 is 0 Å². The Hall–Kier alpha value is -2.01. The third-order valence-corrected chi connectivity index (χ3v) is 4.12. The number of methoxy groups -OCH3 is 2. The van der Waals surface area contributed by atoms with Gasteiger partial charge in [-0.25, -0.2) is 4.98 Å². The van der Waals surface area contributed by atoms with Crippen LogP contribution >= 0.6 is 0 Å². The molecule has 2 heterocycles. The molecule has 0 bridgehead atoms. The van der Waals surface area contributed by atoms with Crippen LogP contribution in [-0.4, -0.2) is 29.8 Å². The predicted octanol–water partition coefficient (Wildman–Crippen LogP) is 2.15. The zero-order valence-electron chi connectivity index (χ0n) is 12.7. The first kappa shape index (κ1) is 13.9. The molecule has 5 heteroatoms. The van der Waals surface area contributed by atoms with E-state index in [4.69, 9.17) is 20.2 Å². The first-order chi connectivity index (χ1) is 10.1. The maximum absolute atomic E-state index is 6.07. The van der Waals surface area contributed by atoms with E-state index in [9.17, 15) is 0 Å². The maximum Gasteiger partial charge on any atom is 0.128 e. The molecule has 0 amide bonds. The van der Waals surface area contributed by atoms with Gasteiger partial charge in [0, 0.05) is 30.3 Å². The van der Waals surface area contributed by atoms with Crippen LogP contribution in [-0.2, 0) is 13.0 Å². The number of benzene rings is 1. The summed E-state index contributed by atoms with van der Waals surface area (Å²) in [7, 11) is 3.34. The summed E-state index contributed by atoms with van der Waals surface area (Å²) in [6.07, 6.45) is 1.92. The Kier molecular flexibility index (Phi) is 3.59. The molecule has 0 saturated carbocycles. The number of hydrogen-bond acceptors (Lipinski definition) is 4. The topological polar surface area (TPSA) is 62.3 Å². The molecule has 1 aliphatic heterocycles. The Morgan fingerprint density at radius 3 is 2.81 bits per heavy atom. The number of rotatable bonds is 3. The SMILES string of the molecule is COc1ccc(OC)c(-c2nc3n(c2C)CC(N)CC3)c1. The van der Waals surface area contributed by atoms with Crippen molar-refractivity contribution in [1.29, 1.82) is 0 Å². The summed E-state index contributed by atoms with van der Waals surface area (Å²) < 4.78 is 13.0. The summed E-state index contributed by atoms with van der Waals surface area (Å²) in [5, 5.41) is 0. The second kappa shape index (κ2) is 5.41. The van der Waals surface area contributed by atoms with Crippen LogP contribution in [0.25, 0.3) is 11.3 Å². The quantitative estimate of drug-likeness (QED) is 0.939. The molecule has 1 aliphatic rings. The van der Waals surface area contributed by atoms with Gasteiger partial charge in [0.05, 0.1) is 19.9 Å². The third-order valence-electron chi connectivity index (χ3n) is 4.12. The Labute approximate surface area is 124 Å². The van der Waals surface area contributed by atoms with Gasteiger partial charge in [-0.15, -0.1) is 0 Å². The average Bonchev–Trinajstić information content (AvgIpc) is 2.83. The number of nitrogens with two attached hydrogens (primary N) is 1. The number of aromatic nitrogens is 2. The van der Waals surface area contributed by atoms with Crippen LogP contribution < -0.4 is 15.2 Å². The van der Waals surface area contributed by atoms with Crippen molar-refractivity contribution in [1.82, 2.24) is 9.55 Å². The maximum atomic E-state index is 6.07. The molecular weight excluding hydrogens is 266 g/mol. The van der Waals surface area contributed by atoms with Crippen molar-refractivity contribution >= 4 is 0 Å². The Bertz CT molecular complexity index is 664. The van der Waals surface area contributed by atoms with Crippen LogP contribution in [0.5, 0.6) is 11.5 Å². The fraction of sp³-hybridized carbons (Fsp3) is 0.438. The Morgan fingerprint density at radius 1 is 1.29 bits per heavy atom. The van der Waals surface area contributed by atoms with Gasteiger partial charge < -0.3 is 19.8 Å². The van der Waals surface area contributed by atoms with Crippen molar-refractivity contribution in [3.05, 3.63) is 29.7 Å². The van der Waals surface area contributed by atoms with Gasteiger partial charge in [0.2, 0.25) is 0 Å². The minimum Gasteiger partial charge on any atom is -0.497 e.